The number of nitrogens with zero attached hydrogens (tertiary/aromatic N) is 2. The molecule has 1 atom stereocenters. The molecule has 9 heteroatoms. The van der Waals surface area contributed by atoms with E-state index in [0.717, 1.165) is 18.6 Å². The molecule has 1 aromatic rings. The first-order chi connectivity index (χ1) is 11.4. The molecule has 0 unspecified atom stereocenters. The molecule has 4 nitrogen and oxygen atoms in total. The molecule has 0 saturated carbocycles. The smallest absolute Gasteiger partial charge is 0.649 e. The van der Waals surface area contributed by atoms with Gasteiger partial charge in [-0.3, -0.25) is 0 Å². The zero-order valence-corrected chi connectivity index (χ0v) is 16.8. The molecule has 1 rings (SSSR count). The van der Waals surface area contributed by atoms with Crippen LogP contribution in [0.2, 0.25) is 5.15 Å². The van der Waals surface area contributed by atoms with Crippen molar-refractivity contribution in [1.29, 1.82) is 0 Å². The minimum absolute atomic E-state index is 0. The predicted molar refractivity (Wildman–Crippen MR) is 93.2 cm³/mol. The van der Waals surface area contributed by atoms with Crippen molar-refractivity contribution >= 4 is 23.9 Å². The van der Waals surface area contributed by atoms with Crippen LogP contribution in [0.25, 0.3) is 0 Å². The molecule has 0 fully saturated rings. The van der Waals surface area contributed by atoms with Crippen molar-refractivity contribution in [2.45, 2.75) is 58.9 Å². The number of ether oxygens (including phenoxy) is 1. The van der Waals surface area contributed by atoms with Gasteiger partial charge >= 0.3 is 25.0 Å². The Morgan fingerprint density at radius 1 is 1.35 bits per heavy atom. The number of hydrogen-bond acceptors (Lipinski definition) is 4. The molecule has 0 saturated heterocycles. The molecule has 0 spiro atoms. The molecule has 26 heavy (non-hydrogen) atoms. The van der Waals surface area contributed by atoms with Gasteiger partial charge in [-0.1, -0.05) is 25.0 Å². The van der Waals surface area contributed by atoms with E-state index < -0.39 is 11.7 Å². The molecule has 0 bridgehead atoms. The summed E-state index contributed by atoms with van der Waals surface area (Å²) in [6, 6.07) is 1.88. The normalized spacial score (nSPS) is 12.2. The fourth-order valence-electron chi connectivity index (χ4n) is 1.70. The molecule has 0 aliphatic carbocycles. The Labute approximate surface area is 170 Å². The Morgan fingerprint density at radius 2 is 1.88 bits per heavy atom. The fourth-order valence-corrected chi connectivity index (χ4v) is 1.90. The second-order valence-electron chi connectivity index (χ2n) is 6.28. The third-order valence-electron chi connectivity index (χ3n) is 3.11. The van der Waals surface area contributed by atoms with Crippen molar-refractivity contribution in [3.63, 3.8) is 0 Å². The van der Waals surface area contributed by atoms with Gasteiger partial charge in [-0.2, -0.15) is 13.2 Å². The molecule has 0 radical (unpaired) electrons. The van der Waals surface area contributed by atoms with Gasteiger partial charge < -0.3 is 21.4 Å². The second kappa shape index (κ2) is 11.7. The molecular formula is C17H24ClF3LiN2O2-. The van der Waals surface area contributed by atoms with E-state index in [4.69, 9.17) is 11.6 Å². The first-order valence-electron chi connectivity index (χ1n) is 7.71. The summed E-state index contributed by atoms with van der Waals surface area (Å²) in [5.74, 6) is 0.208. The van der Waals surface area contributed by atoms with Crippen molar-refractivity contribution in [2.24, 2.45) is 0 Å². The first-order valence-corrected chi connectivity index (χ1v) is 8.09. The van der Waals surface area contributed by atoms with E-state index in [2.05, 4.69) is 16.6 Å². The SMILES string of the molecule is CC(C)(C)O[C-]=O.[CH2-]CN(c1cc(C(F)(F)F)cc(Cl)n1)[C@@H](C)CC.[Li+]. The minimum atomic E-state index is -4.43. The van der Waals surface area contributed by atoms with Crippen molar-refractivity contribution < 1.29 is 41.6 Å². The number of rotatable bonds is 5. The number of halogens is 4. The number of carbonyl (C=O) groups excluding carboxylic acids is 1. The fraction of sp³-hybridized carbons (Fsp3) is 0.588. The van der Waals surface area contributed by atoms with Gasteiger partial charge in [-0.25, -0.2) is 4.98 Å². The number of pyridine rings is 1. The predicted octanol–water partition coefficient (Wildman–Crippen LogP) is 2.07. The van der Waals surface area contributed by atoms with Crippen molar-refractivity contribution in [3.8, 4) is 0 Å². The molecule has 0 N–H and O–H groups in total. The minimum Gasteiger partial charge on any atom is -0.649 e. The molecule has 1 heterocycles. The van der Waals surface area contributed by atoms with Crippen LogP contribution in [0.1, 0.15) is 46.6 Å². The van der Waals surface area contributed by atoms with Crippen LogP contribution in [0, 0.1) is 6.92 Å². The Kier molecular flexibility index (Phi) is 12.3. The average Bonchev–Trinajstić information content (AvgIpc) is 2.45. The maximum absolute atomic E-state index is 12.7. The van der Waals surface area contributed by atoms with Crippen LogP contribution in [0.4, 0.5) is 19.0 Å². The van der Waals surface area contributed by atoms with E-state index in [1.54, 1.807) is 25.7 Å². The summed E-state index contributed by atoms with van der Waals surface area (Å²) in [7, 11) is 0. The third kappa shape index (κ3) is 10.3. The van der Waals surface area contributed by atoms with Gasteiger partial charge in [0.1, 0.15) is 11.0 Å². The standard InChI is InChI=1S/C12H15ClF3N2.C5H9O2.Li/c1-4-8(3)18(5-2)11-7-9(12(14,15)16)6-10(13)17-11;1-5(2,3)7-4-6;/h6-8H,2,4-5H2,1,3H3;1-3H3;/q2*-1;+1/t8-;;/m0../s1. The summed E-state index contributed by atoms with van der Waals surface area (Å²) in [5.41, 5.74) is -1.17. The summed E-state index contributed by atoms with van der Waals surface area (Å²) in [6.07, 6.45) is -3.64. The Hall–Kier alpha value is -0.903. The van der Waals surface area contributed by atoms with E-state index in [-0.39, 0.29) is 41.5 Å². The van der Waals surface area contributed by atoms with Crippen molar-refractivity contribution in [1.82, 2.24) is 4.98 Å². The molecule has 144 valence electrons. The Bertz CT molecular complexity index is 552. The van der Waals surface area contributed by atoms with Crippen LogP contribution < -0.4 is 23.8 Å². The number of aromatic nitrogens is 1. The monoisotopic (exact) mass is 387 g/mol. The number of alkyl halides is 3. The van der Waals surface area contributed by atoms with Crippen LogP contribution in [-0.4, -0.2) is 29.6 Å². The maximum Gasteiger partial charge on any atom is 1.00 e. The van der Waals surface area contributed by atoms with Gasteiger partial charge in [0.25, 0.3) is 0 Å². The molecule has 0 aliphatic heterocycles. The average molecular weight is 388 g/mol. The van der Waals surface area contributed by atoms with Gasteiger partial charge in [0.05, 0.1) is 11.2 Å². The number of anilines is 1. The van der Waals surface area contributed by atoms with Crippen LogP contribution in [0.3, 0.4) is 0 Å². The van der Waals surface area contributed by atoms with Gasteiger partial charge in [0, 0.05) is 6.04 Å². The molecule has 0 aliphatic rings. The molecular weight excluding hydrogens is 364 g/mol. The summed E-state index contributed by atoms with van der Waals surface area (Å²) in [6.45, 7) is 14.6. The molecule has 0 aromatic carbocycles. The van der Waals surface area contributed by atoms with E-state index in [9.17, 15) is 18.0 Å². The Morgan fingerprint density at radius 3 is 2.19 bits per heavy atom. The summed E-state index contributed by atoms with van der Waals surface area (Å²) in [4.78, 5) is 15.1. The van der Waals surface area contributed by atoms with Crippen LogP contribution >= 0.6 is 11.6 Å². The summed E-state index contributed by atoms with van der Waals surface area (Å²) < 4.78 is 42.5. The molecule has 0 amide bonds. The van der Waals surface area contributed by atoms with Crippen LogP contribution in [-0.2, 0) is 15.7 Å². The van der Waals surface area contributed by atoms with Crippen molar-refractivity contribution in [3.05, 3.63) is 29.8 Å². The topological polar surface area (TPSA) is 42.4 Å². The van der Waals surface area contributed by atoms with Crippen LogP contribution in [0.5, 0.6) is 0 Å². The summed E-state index contributed by atoms with van der Waals surface area (Å²) in [5, 5.41) is -0.165. The van der Waals surface area contributed by atoms with E-state index in [1.165, 1.54) is 6.47 Å². The third-order valence-corrected chi connectivity index (χ3v) is 3.31. The van der Waals surface area contributed by atoms with E-state index in [0.29, 0.717) is 6.54 Å². The largest absolute Gasteiger partial charge is 1.00 e. The van der Waals surface area contributed by atoms with Crippen LogP contribution in [0.15, 0.2) is 12.1 Å². The number of hydrogen-bond donors (Lipinski definition) is 0. The first kappa shape index (κ1) is 27.3. The van der Waals surface area contributed by atoms with E-state index >= 15 is 0 Å². The van der Waals surface area contributed by atoms with Gasteiger partial charge in [0.15, 0.2) is 0 Å². The zero-order valence-electron chi connectivity index (χ0n) is 16.1. The summed E-state index contributed by atoms with van der Waals surface area (Å²) >= 11 is 5.65. The molecule has 1 aromatic heterocycles. The van der Waals surface area contributed by atoms with Gasteiger partial charge in [0.2, 0.25) is 0 Å². The van der Waals surface area contributed by atoms with Gasteiger partial charge in [-0.05, 0) is 46.2 Å². The van der Waals surface area contributed by atoms with Crippen molar-refractivity contribution in [2.75, 3.05) is 11.4 Å². The van der Waals surface area contributed by atoms with Gasteiger partial charge in [-0.15, -0.1) is 6.54 Å². The maximum atomic E-state index is 12.7. The zero-order chi connectivity index (χ0) is 19.8. The quantitative estimate of drug-likeness (QED) is 0.441. The van der Waals surface area contributed by atoms with E-state index in [1.807, 2.05) is 13.8 Å². The second-order valence-corrected chi connectivity index (χ2v) is 6.67. The Balaban J connectivity index is 0.